The molecule has 0 spiro atoms. The van der Waals surface area contributed by atoms with E-state index in [4.69, 9.17) is 16.3 Å². The lowest BCUT2D eigenvalue weighted by Gasteiger charge is -2.15. The Morgan fingerprint density at radius 1 is 0.919 bits per heavy atom. The van der Waals surface area contributed by atoms with Gasteiger partial charge in [-0.25, -0.2) is 21.6 Å². The van der Waals surface area contributed by atoms with E-state index < -0.39 is 26.0 Å². The summed E-state index contributed by atoms with van der Waals surface area (Å²) in [6.07, 6.45) is 0. The number of carbonyl (C=O) groups excluding carboxylic acids is 1. The van der Waals surface area contributed by atoms with Gasteiger partial charge in [0.1, 0.15) is 10.6 Å². The lowest BCUT2D eigenvalue weighted by molar-refractivity contribution is 0.102. The maximum atomic E-state index is 13.1. The van der Waals surface area contributed by atoms with Gasteiger partial charge in [0.25, 0.3) is 15.9 Å². The third-order valence-electron chi connectivity index (χ3n) is 5.45. The Hall–Kier alpha value is -3.12. The summed E-state index contributed by atoms with van der Waals surface area (Å²) in [6, 6.07) is 12.7. The molecule has 0 aliphatic rings. The lowest BCUT2D eigenvalue weighted by atomic mass is 10.1. The van der Waals surface area contributed by atoms with Crippen molar-refractivity contribution >= 4 is 48.9 Å². The van der Waals surface area contributed by atoms with E-state index in [-0.39, 0.29) is 37.9 Å². The van der Waals surface area contributed by atoms with Crippen LogP contribution in [0.5, 0.6) is 5.75 Å². The highest BCUT2D eigenvalue weighted by molar-refractivity contribution is 7.92. The van der Waals surface area contributed by atoms with E-state index in [1.165, 1.54) is 37.4 Å². The van der Waals surface area contributed by atoms with Gasteiger partial charge in [0, 0.05) is 11.6 Å². The monoisotopic (exact) mass is 565 g/mol. The van der Waals surface area contributed by atoms with E-state index in [1.54, 1.807) is 32.9 Å². The first-order chi connectivity index (χ1) is 17.2. The fraction of sp³-hybridized carbons (Fsp3) is 0.240. The standard InChI is InChI=1S/C25H28ClN3O6S2/c1-15(2)28-36(31,32)19-10-12-23(35-5)22(14-19)27-25(30)18-9-11-20(26)24(13-18)37(33,34)29-21-8-6-7-16(3)17(21)4/h6-15,28-29H,1-5H3,(H,27,30). The SMILES string of the molecule is COc1ccc(S(=O)(=O)NC(C)C)cc1NC(=O)c1ccc(Cl)c(S(=O)(=O)Nc2cccc(C)c2C)c1. The summed E-state index contributed by atoms with van der Waals surface area (Å²) in [7, 11) is -6.60. The van der Waals surface area contributed by atoms with Gasteiger partial charge >= 0.3 is 0 Å². The molecule has 0 aromatic heterocycles. The zero-order valence-corrected chi connectivity index (χ0v) is 23.3. The number of benzene rings is 3. The first kappa shape index (κ1) is 28.5. The fourth-order valence-electron chi connectivity index (χ4n) is 3.44. The first-order valence-electron chi connectivity index (χ1n) is 11.2. The molecule has 0 aliphatic heterocycles. The van der Waals surface area contributed by atoms with E-state index in [0.29, 0.717) is 5.69 Å². The highest BCUT2D eigenvalue weighted by Gasteiger charge is 2.23. The van der Waals surface area contributed by atoms with Crippen molar-refractivity contribution in [2.24, 2.45) is 0 Å². The third kappa shape index (κ3) is 6.61. The van der Waals surface area contributed by atoms with Gasteiger partial charge < -0.3 is 10.1 Å². The van der Waals surface area contributed by atoms with Crippen LogP contribution in [0.2, 0.25) is 5.02 Å². The molecule has 0 saturated heterocycles. The number of aryl methyl sites for hydroxylation is 1. The van der Waals surface area contributed by atoms with Crippen LogP contribution in [0, 0.1) is 13.8 Å². The molecule has 3 N–H and O–H groups in total. The number of sulfonamides is 2. The lowest BCUT2D eigenvalue weighted by Crippen LogP contribution is -2.30. The summed E-state index contributed by atoms with van der Waals surface area (Å²) in [5, 5.41) is 2.52. The number of hydrogen-bond donors (Lipinski definition) is 3. The quantitative estimate of drug-likeness (QED) is 0.344. The third-order valence-corrected chi connectivity index (χ3v) is 8.96. The number of hydrogen-bond acceptors (Lipinski definition) is 6. The van der Waals surface area contributed by atoms with E-state index in [9.17, 15) is 21.6 Å². The van der Waals surface area contributed by atoms with Crippen molar-refractivity contribution in [2.45, 2.75) is 43.5 Å². The molecule has 0 saturated carbocycles. The molecular weight excluding hydrogens is 538 g/mol. The zero-order valence-electron chi connectivity index (χ0n) is 20.9. The van der Waals surface area contributed by atoms with Gasteiger partial charge in [-0.2, -0.15) is 0 Å². The predicted octanol–water partition coefficient (Wildman–Crippen LogP) is 4.71. The van der Waals surface area contributed by atoms with Gasteiger partial charge in [0.05, 0.1) is 28.4 Å². The van der Waals surface area contributed by atoms with Crippen LogP contribution in [0.1, 0.15) is 35.3 Å². The molecule has 3 aromatic carbocycles. The summed E-state index contributed by atoms with van der Waals surface area (Å²) in [5.74, 6) is -0.472. The summed E-state index contributed by atoms with van der Waals surface area (Å²) < 4.78 is 61.7. The number of amides is 1. The normalized spacial score (nSPS) is 11.9. The molecule has 1 amide bonds. The number of ether oxygens (including phenoxy) is 1. The summed E-state index contributed by atoms with van der Waals surface area (Å²) in [5.41, 5.74) is 2.13. The van der Waals surface area contributed by atoms with Crippen LogP contribution in [-0.4, -0.2) is 35.9 Å². The van der Waals surface area contributed by atoms with Crippen LogP contribution in [-0.2, 0) is 20.0 Å². The minimum Gasteiger partial charge on any atom is -0.495 e. The highest BCUT2D eigenvalue weighted by Crippen LogP contribution is 2.30. The molecule has 0 heterocycles. The molecule has 0 unspecified atom stereocenters. The van der Waals surface area contributed by atoms with Crippen LogP contribution < -0.4 is 19.5 Å². The van der Waals surface area contributed by atoms with Gasteiger partial charge in [-0.1, -0.05) is 23.7 Å². The molecule has 198 valence electrons. The van der Waals surface area contributed by atoms with Gasteiger partial charge in [-0.3, -0.25) is 9.52 Å². The number of anilines is 2. The smallest absolute Gasteiger partial charge is 0.263 e. The Morgan fingerprint density at radius 2 is 1.62 bits per heavy atom. The van der Waals surface area contributed by atoms with Crippen molar-refractivity contribution in [3.05, 3.63) is 76.3 Å². The largest absolute Gasteiger partial charge is 0.495 e. The molecule has 0 fully saturated rings. The van der Waals surface area contributed by atoms with Gasteiger partial charge in [-0.05, 0) is 81.3 Å². The van der Waals surface area contributed by atoms with Crippen LogP contribution in [0.15, 0.2) is 64.4 Å². The minimum atomic E-state index is -4.14. The van der Waals surface area contributed by atoms with E-state index in [1.807, 2.05) is 13.0 Å². The topological polar surface area (TPSA) is 131 Å². The molecule has 37 heavy (non-hydrogen) atoms. The predicted molar refractivity (Wildman–Crippen MR) is 145 cm³/mol. The Balaban J connectivity index is 1.95. The van der Waals surface area contributed by atoms with Gasteiger partial charge in [-0.15, -0.1) is 0 Å². The van der Waals surface area contributed by atoms with E-state index >= 15 is 0 Å². The number of rotatable bonds is 9. The van der Waals surface area contributed by atoms with E-state index in [2.05, 4.69) is 14.8 Å². The molecule has 12 heteroatoms. The van der Waals surface area contributed by atoms with Crippen LogP contribution in [0.4, 0.5) is 11.4 Å². The molecule has 0 radical (unpaired) electrons. The second kappa shape index (κ2) is 11.1. The summed E-state index contributed by atoms with van der Waals surface area (Å²) >= 11 is 6.20. The van der Waals surface area contributed by atoms with Gasteiger partial charge in [0.15, 0.2) is 0 Å². The minimum absolute atomic E-state index is 0.0126. The van der Waals surface area contributed by atoms with Crippen LogP contribution >= 0.6 is 11.6 Å². The number of methoxy groups -OCH3 is 1. The Kier molecular flexibility index (Phi) is 8.53. The first-order valence-corrected chi connectivity index (χ1v) is 14.5. The average Bonchev–Trinajstić information content (AvgIpc) is 2.81. The van der Waals surface area contributed by atoms with E-state index in [0.717, 1.165) is 17.2 Å². The second-order valence-electron chi connectivity index (χ2n) is 8.59. The maximum Gasteiger partial charge on any atom is 0.263 e. The molecule has 0 atom stereocenters. The fourth-order valence-corrected chi connectivity index (χ4v) is 6.36. The summed E-state index contributed by atoms with van der Waals surface area (Å²) in [4.78, 5) is 12.7. The molecule has 3 rings (SSSR count). The molecule has 0 bridgehead atoms. The second-order valence-corrected chi connectivity index (χ2v) is 12.4. The van der Waals surface area contributed by atoms with Crippen LogP contribution in [0.3, 0.4) is 0 Å². The van der Waals surface area contributed by atoms with Crippen molar-refractivity contribution in [2.75, 3.05) is 17.1 Å². The van der Waals surface area contributed by atoms with Crippen molar-refractivity contribution in [1.82, 2.24) is 4.72 Å². The molecule has 9 nitrogen and oxygen atoms in total. The Bertz CT molecular complexity index is 1550. The Morgan fingerprint density at radius 3 is 2.27 bits per heavy atom. The number of carbonyl (C=O) groups is 1. The maximum absolute atomic E-state index is 13.1. The number of halogens is 1. The molecular formula is C25H28ClN3O6S2. The average molecular weight is 566 g/mol. The molecule has 0 aliphatic carbocycles. The zero-order chi connectivity index (χ0) is 27.5. The van der Waals surface area contributed by atoms with Crippen molar-refractivity contribution in [1.29, 1.82) is 0 Å². The van der Waals surface area contributed by atoms with Crippen molar-refractivity contribution in [3.63, 3.8) is 0 Å². The highest BCUT2D eigenvalue weighted by atomic mass is 35.5. The molecule has 3 aromatic rings. The van der Waals surface area contributed by atoms with Crippen molar-refractivity contribution in [3.8, 4) is 5.75 Å². The van der Waals surface area contributed by atoms with Crippen LogP contribution in [0.25, 0.3) is 0 Å². The summed E-state index contributed by atoms with van der Waals surface area (Å²) in [6.45, 7) is 7.02. The number of nitrogens with one attached hydrogen (secondary N) is 3. The van der Waals surface area contributed by atoms with Gasteiger partial charge in [0.2, 0.25) is 10.0 Å². The van der Waals surface area contributed by atoms with Crippen molar-refractivity contribution < 1.29 is 26.4 Å². The Labute approximate surface area is 222 Å².